The van der Waals surface area contributed by atoms with Gasteiger partial charge in [0.15, 0.2) is 56.3 Å². The highest BCUT2D eigenvalue weighted by Gasteiger charge is 2.36. The molecule has 2 unspecified atom stereocenters. The van der Waals surface area contributed by atoms with Crippen molar-refractivity contribution in [1.82, 2.24) is 0 Å². The molecule has 0 heterocycles. The maximum Gasteiger partial charge on any atom is 0.338 e. The number of hydrogen-bond donors (Lipinski definition) is 2. The van der Waals surface area contributed by atoms with Crippen LogP contribution < -0.4 is 0 Å². The Hall–Kier alpha value is -3.64. The molecule has 0 bridgehead atoms. The minimum Gasteiger partial charge on any atom is -0.461 e. The van der Waals surface area contributed by atoms with E-state index in [0.29, 0.717) is 22.6 Å². The summed E-state index contributed by atoms with van der Waals surface area (Å²) < 4.78 is 187. The minimum atomic E-state index is -5.62. The second-order valence-electron chi connectivity index (χ2n) is 12.3. The van der Waals surface area contributed by atoms with E-state index >= 15 is 0 Å². The Morgan fingerprint density at radius 1 is 0.533 bits per heavy atom. The summed E-state index contributed by atoms with van der Waals surface area (Å²) in [4.78, 5) is 20.5. The van der Waals surface area contributed by atoms with Gasteiger partial charge in [-0.05, 0) is 61.1 Å². The van der Waals surface area contributed by atoms with Gasteiger partial charge in [-0.3, -0.25) is 9.11 Å². The van der Waals surface area contributed by atoms with Gasteiger partial charge < -0.3 is 9.47 Å². The predicted molar refractivity (Wildman–Crippen MR) is 204 cm³/mol. The van der Waals surface area contributed by atoms with Crippen LogP contribution in [-0.4, -0.2) is 62.6 Å². The molecule has 0 radical (unpaired) electrons. The van der Waals surface area contributed by atoms with Crippen LogP contribution in [0.4, 0.5) is 35.1 Å². The Bertz CT molecular complexity index is 2240. The summed E-state index contributed by atoms with van der Waals surface area (Å²) in [5.41, 5.74) is -1.16. The smallest absolute Gasteiger partial charge is 0.338 e. The lowest BCUT2D eigenvalue weighted by atomic mass is 10.0. The lowest BCUT2D eigenvalue weighted by molar-refractivity contribution is 0.0520. The van der Waals surface area contributed by atoms with E-state index in [-0.39, 0.29) is 50.0 Å². The molecule has 60 heavy (non-hydrogen) atoms. The van der Waals surface area contributed by atoms with Crippen molar-refractivity contribution in [3.8, 4) is 0 Å². The SMILES string of the molecule is O=C(OCCSSCCOC(=O)c1ccc(CCC(Cl)c2c(F)c(F)c(S(=O)(=O)O)c(F)c2F)cc1)c1ccc(CCC(Cl)c2c(F)c(F)c(S(=O)(=O)O)c(F)c2F)cc1. The summed E-state index contributed by atoms with van der Waals surface area (Å²) in [6.07, 6.45) is -0.490. The van der Waals surface area contributed by atoms with Gasteiger partial charge in [-0.1, -0.05) is 45.9 Å². The molecule has 10 nitrogen and oxygen atoms in total. The van der Waals surface area contributed by atoms with Gasteiger partial charge in [0.1, 0.15) is 13.2 Å². The quantitative estimate of drug-likeness (QED) is 0.0175. The molecule has 24 heteroatoms. The molecule has 0 aliphatic rings. The van der Waals surface area contributed by atoms with Crippen LogP contribution in [0, 0.1) is 46.5 Å². The van der Waals surface area contributed by atoms with Crippen LogP contribution in [0.1, 0.15) is 66.6 Å². The number of alkyl halides is 2. The van der Waals surface area contributed by atoms with Crippen LogP contribution in [0.2, 0.25) is 0 Å². The Balaban J connectivity index is 1.13. The number of carbonyl (C=O) groups is 2. The molecule has 0 aromatic heterocycles. The van der Waals surface area contributed by atoms with Crippen LogP contribution >= 0.6 is 44.8 Å². The number of halogens is 10. The molecular weight excluding hydrogens is 944 g/mol. The van der Waals surface area contributed by atoms with Crippen molar-refractivity contribution >= 4 is 77.0 Å². The molecule has 4 rings (SSSR count). The summed E-state index contributed by atoms with van der Waals surface area (Å²) in [6, 6.07) is 11.5. The van der Waals surface area contributed by atoms with Gasteiger partial charge >= 0.3 is 32.2 Å². The zero-order valence-electron chi connectivity index (χ0n) is 30.0. The summed E-state index contributed by atoms with van der Waals surface area (Å²) in [6.45, 7) is 0.0305. The van der Waals surface area contributed by atoms with Gasteiger partial charge in [0, 0.05) is 22.6 Å². The topological polar surface area (TPSA) is 161 Å². The zero-order valence-corrected chi connectivity index (χ0v) is 34.8. The number of benzene rings is 4. The van der Waals surface area contributed by atoms with E-state index in [2.05, 4.69) is 0 Å². The van der Waals surface area contributed by atoms with E-state index in [4.69, 9.17) is 41.8 Å². The van der Waals surface area contributed by atoms with Crippen molar-refractivity contribution in [2.45, 2.75) is 46.2 Å². The standard InChI is InChI=1S/C36H28Cl2F8O10S4/c37-21(23-25(39)29(43)33(59(49,50)51)30(44)26(23)40)11-5-17-1-7-19(8-2-17)35(47)55-13-15-57-58-16-14-56-36(48)20-9-3-18(4-10-20)6-12-22(38)24-27(41)31(45)34(60(52,53)54)32(46)28(24)42/h1-4,7-10,21-22H,5-6,11-16H2,(H,49,50,51)(H,52,53,54). The molecule has 326 valence electrons. The average Bonchev–Trinajstić information content (AvgIpc) is 3.18. The second-order valence-corrected chi connectivity index (χ2v) is 18.7. The fourth-order valence-electron chi connectivity index (χ4n) is 5.37. The Morgan fingerprint density at radius 2 is 0.817 bits per heavy atom. The van der Waals surface area contributed by atoms with E-state index in [1.54, 1.807) is 0 Å². The number of rotatable bonds is 19. The van der Waals surface area contributed by atoms with Crippen LogP contribution in [0.5, 0.6) is 0 Å². The fraction of sp³-hybridized carbons (Fsp3) is 0.278. The largest absolute Gasteiger partial charge is 0.461 e. The predicted octanol–water partition coefficient (Wildman–Crippen LogP) is 9.51. The van der Waals surface area contributed by atoms with Gasteiger partial charge in [-0.25, -0.2) is 44.7 Å². The molecule has 2 atom stereocenters. The number of aryl methyl sites for hydroxylation is 2. The highest BCUT2D eigenvalue weighted by atomic mass is 35.5. The van der Waals surface area contributed by atoms with Gasteiger partial charge in [-0.15, -0.1) is 23.2 Å². The molecule has 2 N–H and O–H groups in total. The number of hydrogen-bond acceptors (Lipinski definition) is 10. The molecule has 4 aromatic carbocycles. The Morgan fingerprint density at radius 3 is 1.08 bits per heavy atom. The first kappa shape index (κ1) is 49.0. The van der Waals surface area contributed by atoms with Gasteiger partial charge in [0.2, 0.25) is 0 Å². The second kappa shape index (κ2) is 21.0. The van der Waals surface area contributed by atoms with Crippen molar-refractivity contribution < 1.29 is 80.1 Å². The average molecular weight is 972 g/mol. The molecule has 0 saturated carbocycles. The van der Waals surface area contributed by atoms with Crippen molar-refractivity contribution in [2.24, 2.45) is 0 Å². The van der Waals surface area contributed by atoms with Gasteiger partial charge in [0.25, 0.3) is 0 Å². The monoisotopic (exact) mass is 970 g/mol. The lowest BCUT2D eigenvalue weighted by Crippen LogP contribution is -2.14. The van der Waals surface area contributed by atoms with Crippen molar-refractivity contribution in [3.05, 3.63) is 128 Å². The first-order valence-electron chi connectivity index (χ1n) is 16.8. The Kier molecular flexibility index (Phi) is 17.1. The molecule has 0 aliphatic heterocycles. The lowest BCUT2D eigenvalue weighted by Gasteiger charge is -2.15. The third-order valence-electron chi connectivity index (χ3n) is 8.29. The van der Waals surface area contributed by atoms with E-state index in [9.17, 15) is 61.5 Å². The summed E-state index contributed by atoms with van der Waals surface area (Å²) in [5, 5.41) is -3.29. The number of ether oxygens (including phenoxy) is 2. The Labute approximate surface area is 354 Å². The summed E-state index contributed by atoms with van der Waals surface area (Å²) in [7, 11) is -8.60. The fourth-order valence-corrected chi connectivity index (χ4v) is 8.89. The normalized spacial score (nSPS) is 12.9. The summed E-state index contributed by atoms with van der Waals surface area (Å²) in [5.74, 6) is -18.2. The van der Waals surface area contributed by atoms with Gasteiger partial charge in [0.05, 0.1) is 21.9 Å². The van der Waals surface area contributed by atoms with E-state index in [1.807, 2.05) is 0 Å². The van der Waals surface area contributed by atoms with Gasteiger partial charge in [-0.2, -0.15) is 16.8 Å². The molecule has 0 spiro atoms. The van der Waals surface area contributed by atoms with E-state index < -0.39 is 110 Å². The highest BCUT2D eigenvalue weighted by Crippen LogP contribution is 2.37. The van der Waals surface area contributed by atoms with E-state index in [0.717, 1.165) is 0 Å². The molecule has 4 aromatic rings. The molecule has 0 aliphatic carbocycles. The van der Waals surface area contributed by atoms with Crippen molar-refractivity contribution in [1.29, 1.82) is 0 Å². The maximum atomic E-state index is 14.4. The zero-order chi connectivity index (χ0) is 44.7. The minimum absolute atomic E-state index is 0.0153. The van der Waals surface area contributed by atoms with Crippen LogP contribution in [0.3, 0.4) is 0 Å². The summed E-state index contributed by atoms with van der Waals surface area (Å²) >= 11 is 12.0. The molecule has 0 fully saturated rings. The number of esters is 2. The first-order valence-corrected chi connectivity index (χ1v) is 23.0. The third-order valence-corrected chi connectivity index (χ3v) is 13.2. The molecule has 0 saturated heterocycles. The van der Waals surface area contributed by atoms with Crippen LogP contribution in [0.15, 0.2) is 58.3 Å². The maximum absolute atomic E-state index is 14.4. The highest BCUT2D eigenvalue weighted by molar-refractivity contribution is 8.76. The van der Waals surface area contributed by atoms with Crippen molar-refractivity contribution in [2.75, 3.05) is 24.7 Å². The number of carbonyl (C=O) groups excluding carboxylic acids is 2. The third kappa shape index (κ3) is 12.0. The van der Waals surface area contributed by atoms with Crippen LogP contribution in [0.25, 0.3) is 0 Å². The molecular formula is C36H28Cl2F8O10S4. The van der Waals surface area contributed by atoms with Crippen LogP contribution in [-0.2, 0) is 42.6 Å². The van der Waals surface area contributed by atoms with E-state index in [1.165, 1.54) is 70.1 Å². The first-order chi connectivity index (χ1) is 28.1. The van der Waals surface area contributed by atoms with Crippen molar-refractivity contribution in [3.63, 3.8) is 0 Å². The molecule has 0 amide bonds.